The molecule has 0 radical (unpaired) electrons. The first kappa shape index (κ1) is 22.0. The fraction of sp³-hybridized carbons (Fsp3) is 0.192. The van der Waals surface area contributed by atoms with E-state index in [1.54, 1.807) is 10.6 Å². The largest absolute Gasteiger partial charge is 0.454 e. The average Bonchev–Trinajstić information content (AvgIpc) is 3.34. The van der Waals surface area contributed by atoms with Crippen molar-refractivity contribution in [2.45, 2.75) is 24.7 Å². The number of carbonyl (C=O) groups is 1. The van der Waals surface area contributed by atoms with Crippen LogP contribution in [0.2, 0.25) is 0 Å². The number of hydrogen-bond donors (Lipinski definition) is 1. The SMILES string of the molecule is CC(c1ccccc1)n1c(SCC(=O)NCc2ccc3c(c2)OCO3)nc2ccccc2c1=O. The molecule has 0 saturated heterocycles. The van der Waals surface area contributed by atoms with E-state index in [2.05, 4.69) is 5.32 Å². The van der Waals surface area contributed by atoms with Crippen LogP contribution in [0.3, 0.4) is 0 Å². The Bertz CT molecular complexity index is 1400. The van der Waals surface area contributed by atoms with E-state index in [0.717, 1.165) is 11.1 Å². The Morgan fingerprint density at radius 3 is 2.68 bits per heavy atom. The van der Waals surface area contributed by atoms with E-state index in [4.69, 9.17) is 14.5 Å². The Kier molecular flexibility index (Phi) is 6.22. The van der Waals surface area contributed by atoms with Gasteiger partial charge in [0.05, 0.1) is 22.7 Å². The van der Waals surface area contributed by atoms with Crippen LogP contribution in [-0.4, -0.2) is 28.0 Å². The van der Waals surface area contributed by atoms with Gasteiger partial charge in [-0.3, -0.25) is 14.2 Å². The fourth-order valence-corrected chi connectivity index (χ4v) is 4.79. The van der Waals surface area contributed by atoms with Gasteiger partial charge in [-0.2, -0.15) is 0 Å². The average molecular weight is 474 g/mol. The minimum atomic E-state index is -0.231. The van der Waals surface area contributed by atoms with E-state index in [0.29, 0.717) is 34.1 Å². The number of nitrogens with one attached hydrogen (secondary N) is 1. The second kappa shape index (κ2) is 9.61. The zero-order valence-electron chi connectivity index (χ0n) is 18.6. The van der Waals surface area contributed by atoms with E-state index < -0.39 is 0 Å². The van der Waals surface area contributed by atoms with E-state index in [-0.39, 0.29) is 30.1 Å². The third-order valence-corrected chi connectivity index (χ3v) is 6.66. The molecule has 1 unspecified atom stereocenters. The number of para-hydroxylation sites is 1. The maximum atomic E-state index is 13.4. The van der Waals surface area contributed by atoms with Gasteiger partial charge in [0.25, 0.3) is 5.56 Å². The Balaban J connectivity index is 1.35. The third kappa shape index (κ3) is 4.49. The first-order chi connectivity index (χ1) is 16.6. The molecule has 0 spiro atoms. The summed E-state index contributed by atoms with van der Waals surface area (Å²) in [5.74, 6) is 1.37. The summed E-state index contributed by atoms with van der Waals surface area (Å²) in [6.45, 7) is 2.55. The lowest BCUT2D eigenvalue weighted by Crippen LogP contribution is -2.28. The summed E-state index contributed by atoms with van der Waals surface area (Å²) in [5, 5.41) is 3.99. The first-order valence-electron chi connectivity index (χ1n) is 10.9. The Hall–Kier alpha value is -3.78. The van der Waals surface area contributed by atoms with Crippen molar-refractivity contribution in [3.63, 3.8) is 0 Å². The molecular weight excluding hydrogens is 450 g/mol. The van der Waals surface area contributed by atoms with Crippen molar-refractivity contribution in [2.75, 3.05) is 12.5 Å². The summed E-state index contributed by atoms with van der Waals surface area (Å²) in [4.78, 5) is 30.7. The summed E-state index contributed by atoms with van der Waals surface area (Å²) in [6, 6.07) is 22.4. The van der Waals surface area contributed by atoms with Crippen LogP contribution in [0.4, 0.5) is 0 Å². The number of thioether (sulfide) groups is 1. The molecule has 0 fully saturated rings. The van der Waals surface area contributed by atoms with Crippen molar-refractivity contribution >= 4 is 28.6 Å². The zero-order chi connectivity index (χ0) is 23.5. The molecule has 3 aromatic carbocycles. The summed E-state index contributed by atoms with van der Waals surface area (Å²) in [6.07, 6.45) is 0. The highest BCUT2D eigenvalue weighted by Crippen LogP contribution is 2.32. The van der Waals surface area contributed by atoms with Gasteiger partial charge in [0.1, 0.15) is 0 Å². The van der Waals surface area contributed by atoms with E-state index in [1.807, 2.05) is 73.7 Å². The van der Waals surface area contributed by atoms with Crippen molar-refractivity contribution < 1.29 is 14.3 Å². The molecule has 1 atom stereocenters. The number of nitrogens with zero attached hydrogens (tertiary/aromatic N) is 2. The number of rotatable bonds is 7. The molecule has 34 heavy (non-hydrogen) atoms. The molecule has 4 aromatic rings. The van der Waals surface area contributed by atoms with E-state index in [1.165, 1.54) is 11.8 Å². The molecule has 1 aromatic heterocycles. The highest BCUT2D eigenvalue weighted by molar-refractivity contribution is 7.99. The van der Waals surface area contributed by atoms with Crippen molar-refractivity contribution in [1.29, 1.82) is 0 Å². The normalized spacial score (nSPS) is 13.1. The number of ether oxygens (including phenoxy) is 2. The van der Waals surface area contributed by atoms with Crippen LogP contribution in [0.25, 0.3) is 10.9 Å². The molecule has 1 aliphatic rings. The predicted molar refractivity (Wildman–Crippen MR) is 131 cm³/mol. The zero-order valence-corrected chi connectivity index (χ0v) is 19.4. The predicted octanol–water partition coefficient (Wildman–Crippen LogP) is 4.14. The molecule has 1 amide bonds. The summed E-state index contributed by atoms with van der Waals surface area (Å²) >= 11 is 1.26. The van der Waals surface area contributed by atoms with Crippen LogP contribution in [0.15, 0.2) is 82.7 Å². The van der Waals surface area contributed by atoms with E-state index >= 15 is 0 Å². The van der Waals surface area contributed by atoms with Gasteiger partial charge in [-0.25, -0.2) is 4.98 Å². The molecule has 1 N–H and O–H groups in total. The summed E-state index contributed by atoms with van der Waals surface area (Å²) in [5.41, 5.74) is 2.41. The van der Waals surface area contributed by atoms with Crippen LogP contribution in [0.5, 0.6) is 11.5 Å². The van der Waals surface area contributed by atoms with Crippen molar-refractivity contribution in [1.82, 2.24) is 14.9 Å². The number of benzene rings is 3. The molecule has 172 valence electrons. The van der Waals surface area contributed by atoms with Crippen LogP contribution < -0.4 is 20.3 Å². The lowest BCUT2D eigenvalue weighted by Gasteiger charge is -2.20. The summed E-state index contributed by atoms with van der Waals surface area (Å²) in [7, 11) is 0. The standard InChI is InChI=1S/C26H23N3O4S/c1-17(19-7-3-2-4-8-19)29-25(31)20-9-5-6-10-21(20)28-26(29)34-15-24(30)27-14-18-11-12-22-23(13-18)33-16-32-22/h2-13,17H,14-16H2,1H3,(H,27,30). The maximum Gasteiger partial charge on any atom is 0.262 e. The minimum absolute atomic E-state index is 0.120. The van der Waals surface area contributed by atoms with Gasteiger partial charge in [-0.15, -0.1) is 0 Å². The second-order valence-corrected chi connectivity index (χ2v) is 8.87. The van der Waals surface area contributed by atoms with Crippen LogP contribution >= 0.6 is 11.8 Å². The molecule has 0 aliphatic carbocycles. The summed E-state index contributed by atoms with van der Waals surface area (Å²) < 4.78 is 12.4. The van der Waals surface area contributed by atoms with Gasteiger partial charge in [-0.1, -0.05) is 60.3 Å². The van der Waals surface area contributed by atoms with Gasteiger partial charge in [0.15, 0.2) is 16.7 Å². The highest BCUT2D eigenvalue weighted by Gasteiger charge is 2.19. The lowest BCUT2D eigenvalue weighted by atomic mass is 10.1. The number of amides is 1. The van der Waals surface area contributed by atoms with Crippen LogP contribution in [-0.2, 0) is 11.3 Å². The van der Waals surface area contributed by atoms with Gasteiger partial charge < -0.3 is 14.8 Å². The van der Waals surface area contributed by atoms with Gasteiger partial charge in [0, 0.05) is 6.54 Å². The molecule has 0 bridgehead atoms. The second-order valence-electron chi connectivity index (χ2n) is 7.93. The van der Waals surface area contributed by atoms with Crippen molar-refractivity contribution in [3.05, 3.63) is 94.3 Å². The van der Waals surface area contributed by atoms with Crippen molar-refractivity contribution in [3.8, 4) is 11.5 Å². The van der Waals surface area contributed by atoms with Crippen LogP contribution in [0.1, 0.15) is 24.1 Å². The monoisotopic (exact) mass is 473 g/mol. The Morgan fingerprint density at radius 2 is 1.82 bits per heavy atom. The Morgan fingerprint density at radius 1 is 1.06 bits per heavy atom. The highest BCUT2D eigenvalue weighted by atomic mass is 32.2. The van der Waals surface area contributed by atoms with Crippen molar-refractivity contribution in [2.24, 2.45) is 0 Å². The molecule has 5 rings (SSSR count). The number of hydrogen-bond acceptors (Lipinski definition) is 6. The number of aromatic nitrogens is 2. The smallest absolute Gasteiger partial charge is 0.262 e. The molecule has 0 saturated carbocycles. The third-order valence-electron chi connectivity index (χ3n) is 5.70. The molecule has 2 heterocycles. The topological polar surface area (TPSA) is 82.5 Å². The number of fused-ring (bicyclic) bond motifs is 2. The maximum absolute atomic E-state index is 13.4. The van der Waals surface area contributed by atoms with Gasteiger partial charge in [0.2, 0.25) is 12.7 Å². The molecule has 1 aliphatic heterocycles. The molecule has 8 heteroatoms. The molecule has 7 nitrogen and oxygen atoms in total. The number of carbonyl (C=O) groups excluding carboxylic acids is 1. The minimum Gasteiger partial charge on any atom is -0.454 e. The Labute approximate surface area is 200 Å². The lowest BCUT2D eigenvalue weighted by molar-refractivity contribution is -0.118. The van der Waals surface area contributed by atoms with Gasteiger partial charge in [-0.05, 0) is 42.3 Å². The molecular formula is C26H23N3O4S. The quantitative estimate of drug-likeness (QED) is 0.321. The van der Waals surface area contributed by atoms with Gasteiger partial charge >= 0.3 is 0 Å². The van der Waals surface area contributed by atoms with Crippen LogP contribution in [0, 0.1) is 0 Å². The first-order valence-corrected chi connectivity index (χ1v) is 11.9. The van der Waals surface area contributed by atoms with E-state index in [9.17, 15) is 9.59 Å². The fourth-order valence-electron chi connectivity index (χ4n) is 3.88.